The molecule has 0 saturated carbocycles. The standard InChI is InChI=1S/C22H24N2O3S/c25-21-8-3-13-24(21)17-11-9-16(10-12-17)23-22(26)19-6-1-2-7-20(19)28-15-18-5-4-14-27-18/h1-2,6-7,9-12,18H,3-5,8,13-15H2,(H,23,26)/t18-/m1/s1. The minimum atomic E-state index is -0.125. The van der Waals surface area contributed by atoms with Gasteiger partial charge < -0.3 is 15.0 Å². The maximum atomic E-state index is 12.8. The number of thioether (sulfide) groups is 1. The van der Waals surface area contributed by atoms with Crippen LogP contribution in [0.4, 0.5) is 11.4 Å². The molecule has 146 valence electrons. The van der Waals surface area contributed by atoms with Crippen molar-refractivity contribution in [2.45, 2.75) is 36.7 Å². The Kier molecular flexibility index (Phi) is 5.98. The SMILES string of the molecule is O=C(Nc1ccc(N2CCCC2=O)cc1)c1ccccc1SC[C@H]1CCCO1. The summed E-state index contributed by atoms with van der Waals surface area (Å²) in [6.45, 7) is 1.60. The molecule has 2 aromatic carbocycles. The molecule has 1 N–H and O–H groups in total. The second kappa shape index (κ2) is 8.80. The topological polar surface area (TPSA) is 58.6 Å². The quantitative estimate of drug-likeness (QED) is 0.738. The zero-order valence-corrected chi connectivity index (χ0v) is 16.5. The van der Waals surface area contributed by atoms with Gasteiger partial charge in [0.25, 0.3) is 5.91 Å². The molecule has 0 spiro atoms. The van der Waals surface area contributed by atoms with Crippen molar-refractivity contribution >= 4 is 35.0 Å². The fourth-order valence-electron chi connectivity index (χ4n) is 3.58. The van der Waals surface area contributed by atoms with Crippen LogP contribution in [0.2, 0.25) is 0 Å². The highest BCUT2D eigenvalue weighted by molar-refractivity contribution is 7.99. The molecule has 2 amide bonds. The van der Waals surface area contributed by atoms with Crippen molar-refractivity contribution in [2.24, 2.45) is 0 Å². The summed E-state index contributed by atoms with van der Waals surface area (Å²) < 4.78 is 5.68. The zero-order chi connectivity index (χ0) is 19.3. The molecule has 4 rings (SSSR count). The van der Waals surface area contributed by atoms with E-state index in [1.54, 1.807) is 16.7 Å². The van der Waals surface area contributed by atoms with Gasteiger partial charge in [0, 0.05) is 41.6 Å². The third-order valence-corrected chi connectivity index (χ3v) is 6.30. The van der Waals surface area contributed by atoms with E-state index in [2.05, 4.69) is 5.32 Å². The first kappa shape index (κ1) is 19.0. The monoisotopic (exact) mass is 396 g/mol. The summed E-state index contributed by atoms with van der Waals surface area (Å²) in [4.78, 5) is 27.4. The molecule has 1 atom stereocenters. The highest BCUT2D eigenvalue weighted by Crippen LogP contribution is 2.28. The molecule has 28 heavy (non-hydrogen) atoms. The number of hydrogen-bond acceptors (Lipinski definition) is 4. The van der Waals surface area contributed by atoms with Crippen LogP contribution in [0.3, 0.4) is 0 Å². The number of anilines is 2. The molecule has 2 aliphatic rings. The molecule has 0 radical (unpaired) electrons. The largest absolute Gasteiger partial charge is 0.377 e. The van der Waals surface area contributed by atoms with Crippen molar-refractivity contribution in [1.82, 2.24) is 0 Å². The average molecular weight is 397 g/mol. The molecule has 2 heterocycles. The van der Waals surface area contributed by atoms with Gasteiger partial charge in [-0.3, -0.25) is 9.59 Å². The summed E-state index contributed by atoms with van der Waals surface area (Å²) in [5.74, 6) is 0.900. The molecular formula is C22H24N2O3S. The van der Waals surface area contributed by atoms with Crippen LogP contribution in [0, 0.1) is 0 Å². The van der Waals surface area contributed by atoms with Gasteiger partial charge in [-0.15, -0.1) is 11.8 Å². The number of carbonyl (C=O) groups is 2. The summed E-state index contributed by atoms with van der Waals surface area (Å²) in [7, 11) is 0. The molecule has 5 nitrogen and oxygen atoms in total. The lowest BCUT2D eigenvalue weighted by Crippen LogP contribution is -2.23. The van der Waals surface area contributed by atoms with E-state index in [1.165, 1.54) is 0 Å². The smallest absolute Gasteiger partial charge is 0.256 e. The molecule has 0 bridgehead atoms. The van der Waals surface area contributed by atoms with Gasteiger partial charge in [0.15, 0.2) is 0 Å². The molecular weight excluding hydrogens is 372 g/mol. The first-order valence-corrected chi connectivity index (χ1v) is 10.7. The molecule has 0 aromatic heterocycles. The van der Waals surface area contributed by atoms with Crippen LogP contribution in [0.25, 0.3) is 0 Å². The Labute approximate surface area is 169 Å². The summed E-state index contributed by atoms with van der Waals surface area (Å²) >= 11 is 1.67. The first-order chi connectivity index (χ1) is 13.7. The van der Waals surface area contributed by atoms with Gasteiger partial charge in [-0.1, -0.05) is 12.1 Å². The van der Waals surface area contributed by atoms with Crippen LogP contribution in [-0.2, 0) is 9.53 Å². The fourth-order valence-corrected chi connectivity index (χ4v) is 4.70. The Morgan fingerprint density at radius 3 is 2.68 bits per heavy atom. The number of carbonyl (C=O) groups excluding carboxylic acids is 2. The van der Waals surface area contributed by atoms with Crippen molar-refractivity contribution in [3.8, 4) is 0 Å². The van der Waals surface area contributed by atoms with Crippen LogP contribution < -0.4 is 10.2 Å². The lowest BCUT2D eigenvalue weighted by molar-refractivity contribution is -0.117. The van der Waals surface area contributed by atoms with Crippen molar-refractivity contribution in [3.05, 3.63) is 54.1 Å². The maximum absolute atomic E-state index is 12.8. The number of rotatable bonds is 6. The first-order valence-electron chi connectivity index (χ1n) is 9.76. The van der Waals surface area contributed by atoms with Gasteiger partial charge in [0.1, 0.15) is 0 Å². The number of amides is 2. The van der Waals surface area contributed by atoms with E-state index in [0.717, 1.165) is 54.4 Å². The second-order valence-corrected chi connectivity index (χ2v) is 8.15. The van der Waals surface area contributed by atoms with Crippen molar-refractivity contribution in [3.63, 3.8) is 0 Å². The molecule has 0 unspecified atom stereocenters. The van der Waals surface area contributed by atoms with Crippen molar-refractivity contribution in [2.75, 3.05) is 29.1 Å². The number of hydrogen-bond donors (Lipinski definition) is 1. The lowest BCUT2D eigenvalue weighted by atomic mass is 10.2. The molecule has 2 aromatic rings. The van der Waals surface area contributed by atoms with E-state index < -0.39 is 0 Å². The van der Waals surface area contributed by atoms with Gasteiger partial charge >= 0.3 is 0 Å². The molecule has 2 saturated heterocycles. The van der Waals surface area contributed by atoms with E-state index in [-0.39, 0.29) is 17.9 Å². The lowest BCUT2D eigenvalue weighted by Gasteiger charge is -2.16. The van der Waals surface area contributed by atoms with Gasteiger partial charge in [-0.25, -0.2) is 0 Å². The predicted molar refractivity (Wildman–Crippen MR) is 112 cm³/mol. The normalized spacial score (nSPS) is 19.2. The summed E-state index contributed by atoms with van der Waals surface area (Å²) in [6.07, 6.45) is 4.00. The second-order valence-electron chi connectivity index (χ2n) is 7.09. The van der Waals surface area contributed by atoms with Gasteiger partial charge in [-0.05, 0) is 55.7 Å². The van der Waals surface area contributed by atoms with Gasteiger partial charge in [-0.2, -0.15) is 0 Å². The molecule has 0 aliphatic carbocycles. The number of benzene rings is 2. The average Bonchev–Trinajstić information content (AvgIpc) is 3.39. The third kappa shape index (κ3) is 4.39. The van der Waals surface area contributed by atoms with Crippen LogP contribution >= 0.6 is 11.8 Å². The van der Waals surface area contributed by atoms with E-state index in [9.17, 15) is 9.59 Å². The number of nitrogens with zero attached hydrogens (tertiary/aromatic N) is 1. The van der Waals surface area contributed by atoms with Crippen LogP contribution in [-0.4, -0.2) is 36.8 Å². The minimum Gasteiger partial charge on any atom is -0.377 e. The Morgan fingerprint density at radius 1 is 1.14 bits per heavy atom. The van der Waals surface area contributed by atoms with Crippen LogP contribution in [0.15, 0.2) is 53.4 Å². The number of ether oxygens (including phenoxy) is 1. The van der Waals surface area contributed by atoms with Crippen LogP contribution in [0.5, 0.6) is 0 Å². The summed E-state index contributed by atoms with van der Waals surface area (Å²) in [5, 5.41) is 2.97. The Hall–Kier alpha value is -2.31. The molecule has 6 heteroatoms. The third-order valence-electron chi connectivity index (χ3n) is 5.09. The van der Waals surface area contributed by atoms with Crippen molar-refractivity contribution in [1.29, 1.82) is 0 Å². The highest BCUT2D eigenvalue weighted by atomic mass is 32.2. The summed E-state index contributed by atoms with van der Waals surface area (Å²) in [6, 6.07) is 15.1. The van der Waals surface area contributed by atoms with E-state index in [1.807, 2.05) is 48.5 Å². The Morgan fingerprint density at radius 2 is 1.96 bits per heavy atom. The number of nitrogens with one attached hydrogen (secondary N) is 1. The van der Waals surface area contributed by atoms with Crippen LogP contribution in [0.1, 0.15) is 36.0 Å². The Balaban J connectivity index is 1.41. The highest BCUT2D eigenvalue weighted by Gasteiger charge is 2.22. The van der Waals surface area contributed by atoms with Gasteiger partial charge in [0.2, 0.25) is 5.91 Å². The molecule has 2 aliphatic heterocycles. The van der Waals surface area contributed by atoms with E-state index >= 15 is 0 Å². The summed E-state index contributed by atoms with van der Waals surface area (Å²) in [5.41, 5.74) is 2.27. The molecule has 2 fully saturated rings. The Bertz CT molecular complexity index is 847. The maximum Gasteiger partial charge on any atom is 0.256 e. The van der Waals surface area contributed by atoms with E-state index in [0.29, 0.717) is 12.0 Å². The minimum absolute atomic E-state index is 0.125. The van der Waals surface area contributed by atoms with E-state index in [4.69, 9.17) is 4.74 Å². The van der Waals surface area contributed by atoms with Gasteiger partial charge in [0.05, 0.1) is 11.7 Å². The van der Waals surface area contributed by atoms with Crippen molar-refractivity contribution < 1.29 is 14.3 Å². The zero-order valence-electron chi connectivity index (χ0n) is 15.7. The fraction of sp³-hybridized carbons (Fsp3) is 0.364. The predicted octanol–water partition coefficient (Wildman–Crippen LogP) is 4.34.